The number of nitrogen functional groups attached to an aromatic ring is 1. The first-order chi connectivity index (χ1) is 15.9. The zero-order chi connectivity index (χ0) is 25.3. The smallest absolute Gasteiger partial charge is 0.390 e. The van der Waals surface area contributed by atoms with Crippen molar-refractivity contribution in [1.29, 1.82) is 0 Å². The summed E-state index contributed by atoms with van der Waals surface area (Å²) in [6.45, 7) is 0.996. The number of rotatable bonds is 11. The zero-order valence-corrected chi connectivity index (χ0v) is 21.0. The number of ether oxygens (including phenoxy) is 1. The van der Waals surface area contributed by atoms with Crippen LogP contribution in [0.5, 0.6) is 0 Å². The van der Waals surface area contributed by atoms with Crippen molar-refractivity contribution in [2.75, 3.05) is 33.7 Å². The van der Waals surface area contributed by atoms with Crippen LogP contribution in [0.3, 0.4) is 0 Å². The van der Waals surface area contributed by atoms with Gasteiger partial charge in [0.25, 0.3) is 0 Å². The summed E-state index contributed by atoms with van der Waals surface area (Å²) in [6.07, 6.45) is -0.414. The van der Waals surface area contributed by atoms with Gasteiger partial charge in [-0.05, 0) is 0 Å². The summed E-state index contributed by atoms with van der Waals surface area (Å²) in [6, 6.07) is 0. The molecule has 4 N–H and O–H groups in total. The highest BCUT2D eigenvalue weighted by atomic mass is 31.3. The molecule has 2 aromatic rings. The van der Waals surface area contributed by atoms with E-state index in [0.29, 0.717) is 11.2 Å². The number of aliphatic hydroxyl groups is 1. The molecule has 3 heterocycles. The molecule has 1 aliphatic rings. The first-order valence-corrected chi connectivity index (χ1v) is 13.8. The van der Waals surface area contributed by atoms with Crippen LogP contribution in [0.1, 0.15) is 13.2 Å². The van der Waals surface area contributed by atoms with Crippen LogP contribution in [0, 0.1) is 5.92 Å². The van der Waals surface area contributed by atoms with Crippen LogP contribution in [0.25, 0.3) is 11.2 Å². The van der Waals surface area contributed by atoms with Gasteiger partial charge < -0.3 is 20.5 Å². The van der Waals surface area contributed by atoms with Gasteiger partial charge in [0.05, 0.1) is 19.0 Å². The lowest BCUT2D eigenvalue weighted by Gasteiger charge is -2.22. The number of hydrogen-bond donors (Lipinski definition) is 3. The molecule has 6 unspecified atom stereocenters. The lowest BCUT2D eigenvalue weighted by Crippen LogP contribution is -2.29. The number of anilines is 1. The Morgan fingerprint density at radius 3 is 2.35 bits per heavy atom. The van der Waals surface area contributed by atoms with Gasteiger partial charge in [0, 0.05) is 27.2 Å². The maximum Gasteiger partial charge on any atom is 0.492 e. The highest BCUT2D eigenvalue weighted by Crippen LogP contribution is 2.71. The molecule has 0 bridgehead atoms. The Labute approximate surface area is 193 Å². The molecule has 0 saturated carbocycles. The molecule has 3 rings (SSSR count). The largest absolute Gasteiger partial charge is 0.492 e. The summed E-state index contributed by atoms with van der Waals surface area (Å²) in [4.78, 5) is 22.1. The second-order valence-corrected chi connectivity index (χ2v) is 12.3. The van der Waals surface area contributed by atoms with E-state index in [9.17, 15) is 23.7 Å². The number of aliphatic hydroxyl groups excluding tert-OH is 1. The minimum Gasteiger partial charge on any atom is -0.390 e. The van der Waals surface area contributed by atoms with Crippen molar-refractivity contribution in [3.63, 3.8) is 0 Å². The number of fused-ring (bicyclic) bond motifs is 1. The molecule has 1 aliphatic heterocycles. The van der Waals surface area contributed by atoms with Crippen molar-refractivity contribution < 1.29 is 55.1 Å². The van der Waals surface area contributed by atoms with Gasteiger partial charge in [0.2, 0.25) is 0 Å². The molecule has 0 radical (unpaired) electrons. The van der Waals surface area contributed by atoms with E-state index < -0.39 is 54.4 Å². The van der Waals surface area contributed by atoms with Crippen LogP contribution in [-0.4, -0.2) is 69.7 Å². The van der Waals surface area contributed by atoms with Gasteiger partial charge in [-0.25, -0.2) is 28.6 Å². The minimum atomic E-state index is -5.15. The quantitative estimate of drug-likeness (QED) is 0.340. The number of imidazole rings is 1. The van der Waals surface area contributed by atoms with E-state index in [1.807, 2.05) is 0 Å². The molecule has 1 saturated heterocycles. The van der Waals surface area contributed by atoms with E-state index in [1.165, 1.54) is 17.2 Å². The molecular weight excluding hydrogens is 523 g/mol. The second-order valence-electron chi connectivity index (χ2n) is 6.87. The Bertz CT molecular complexity index is 1150. The van der Waals surface area contributed by atoms with Gasteiger partial charge in [-0.3, -0.25) is 22.7 Å². The maximum atomic E-state index is 12.5. The molecule has 0 amide bonds. The molecule has 17 nitrogen and oxygen atoms in total. The summed E-state index contributed by atoms with van der Waals surface area (Å²) >= 11 is 0. The Morgan fingerprint density at radius 1 is 1.09 bits per heavy atom. The van der Waals surface area contributed by atoms with Crippen LogP contribution < -0.4 is 5.73 Å². The normalized spacial score (nSPS) is 27.0. The van der Waals surface area contributed by atoms with Gasteiger partial charge in [-0.15, -0.1) is 0 Å². The number of nitrogens with zero attached hydrogens (tertiary/aromatic N) is 4. The highest BCUT2D eigenvalue weighted by molar-refractivity contribution is 7.67. The first-order valence-electron chi connectivity index (χ1n) is 9.41. The van der Waals surface area contributed by atoms with E-state index in [0.717, 1.165) is 21.3 Å². The molecule has 2 aromatic heterocycles. The van der Waals surface area contributed by atoms with Crippen molar-refractivity contribution in [2.45, 2.75) is 25.4 Å². The summed E-state index contributed by atoms with van der Waals surface area (Å²) in [5.74, 6) is -0.381. The molecule has 20 heteroatoms. The lowest BCUT2D eigenvalue weighted by molar-refractivity contribution is -0.0439. The second kappa shape index (κ2) is 10.3. The van der Waals surface area contributed by atoms with E-state index in [1.54, 1.807) is 6.92 Å². The monoisotopic (exact) mass is 547 g/mol. The van der Waals surface area contributed by atoms with Crippen LogP contribution in [0.2, 0.25) is 0 Å². The Morgan fingerprint density at radius 2 is 1.74 bits per heavy atom. The third-order valence-electron chi connectivity index (χ3n) is 4.82. The highest BCUT2D eigenvalue weighted by Gasteiger charge is 2.47. The van der Waals surface area contributed by atoms with Gasteiger partial charge in [0.1, 0.15) is 24.2 Å². The molecule has 0 spiro atoms. The van der Waals surface area contributed by atoms with Crippen LogP contribution in [-0.2, 0) is 45.1 Å². The predicted octanol–water partition coefficient (Wildman–Crippen LogP) is 1.61. The van der Waals surface area contributed by atoms with E-state index in [2.05, 4.69) is 37.1 Å². The average Bonchev–Trinajstić information content (AvgIpc) is 3.34. The summed E-state index contributed by atoms with van der Waals surface area (Å²) < 4.78 is 71.3. The van der Waals surface area contributed by atoms with Gasteiger partial charge >= 0.3 is 23.5 Å². The Balaban J connectivity index is 1.69. The lowest BCUT2D eigenvalue weighted by atomic mass is 10.0. The fraction of sp³-hybridized carbons (Fsp3) is 0.643. The molecule has 1 fully saturated rings. The van der Waals surface area contributed by atoms with Crippen molar-refractivity contribution >= 4 is 40.4 Å². The predicted molar refractivity (Wildman–Crippen MR) is 113 cm³/mol. The zero-order valence-electron chi connectivity index (χ0n) is 18.4. The number of aromatic nitrogens is 4. The first kappa shape index (κ1) is 27.3. The molecule has 34 heavy (non-hydrogen) atoms. The number of hydrogen-bond acceptors (Lipinski definition) is 15. The van der Waals surface area contributed by atoms with E-state index in [4.69, 9.17) is 15.0 Å². The minimum absolute atomic E-state index is 0.157. The Hall–Kier alpha value is -1.32. The van der Waals surface area contributed by atoms with Gasteiger partial charge in [-0.1, -0.05) is 6.92 Å². The third-order valence-corrected chi connectivity index (χ3v) is 9.86. The maximum absolute atomic E-state index is 12.5. The fourth-order valence-corrected chi connectivity index (χ4v) is 7.18. The van der Waals surface area contributed by atoms with Crippen molar-refractivity contribution in [3.05, 3.63) is 12.7 Å². The van der Waals surface area contributed by atoms with Gasteiger partial charge in [-0.2, -0.15) is 8.62 Å². The van der Waals surface area contributed by atoms with E-state index in [-0.39, 0.29) is 5.82 Å². The molecule has 0 aromatic carbocycles. The SMILES string of the molecule is COP(=O)(OC)OP(=O)(OC)OP(=O)(O)OCC1OC(n2cnc3c(N)ncnc32)C(C)C1O. The number of phosphoric acid groups is 3. The molecule has 6 atom stereocenters. The summed E-state index contributed by atoms with van der Waals surface area (Å²) in [5, 5.41) is 10.6. The summed E-state index contributed by atoms with van der Waals surface area (Å²) in [7, 11) is -11.9. The topological polar surface area (TPSA) is 226 Å². The van der Waals surface area contributed by atoms with Gasteiger partial charge in [0.15, 0.2) is 11.5 Å². The van der Waals surface area contributed by atoms with Crippen LogP contribution in [0.4, 0.5) is 5.82 Å². The van der Waals surface area contributed by atoms with Crippen molar-refractivity contribution in [2.24, 2.45) is 5.92 Å². The van der Waals surface area contributed by atoms with Crippen LogP contribution in [0.15, 0.2) is 12.7 Å². The fourth-order valence-electron chi connectivity index (χ4n) is 3.07. The number of phosphoric ester groups is 2. The molecule has 192 valence electrons. The van der Waals surface area contributed by atoms with E-state index >= 15 is 0 Å². The number of nitrogens with two attached hydrogens (primary N) is 1. The summed E-state index contributed by atoms with van der Waals surface area (Å²) in [5.41, 5.74) is 6.47. The Kier molecular flexibility index (Phi) is 8.30. The average molecular weight is 547 g/mol. The van der Waals surface area contributed by atoms with Crippen molar-refractivity contribution in [3.8, 4) is 0 Å². The standard InChI is InChI=1S/C14H24N5O12P3/c1-8-11(20)9(29-14(8)19-7-18-10-12(15)16-6-17-13(10)19)5-28-32(21,22)30-34(24,27-4)31-33(23,25-2)26-3/h6-9,11,14,20H,5H2,1-4H3,(H,21,22)(H2,15,16,17). The van der Waals surface area contributed by atoms with Crippen LogP contribution >= 0.6 is 23.5 Å². The molecule has 0 aliphatic carbocycles. The van der Waals surface area contributed by atoms with Crippen molar-refractivity contribution in [1.82, 2.24) is 19.5 Å². The third kappa shape index (κ3) is 5.73. The molecular formula is C14H24N5O12P3.